The lowest BCUT2D eigenvalue weighted by atomic mass is 10.0. The molecule has 0 fully saturated rings. The average Bonchev–Trinajstić information content (AvgIpc) is 2.25. The van der Waals surface area contributed by atoms with E-state index < -0.39 is 17.6 Å². The van der Waals surface area contributed by atoms with Crippen molar-refractivity contribution in [2.24, 2.45) is 11.0 Å². The molecule has 0 aromatic rings. The summed E-state index contributed by atoms with van der Waals surface area (Å²) in [5.74, 6) is -0.785. The lowest BCUT2D eigenvalue weighted by Crippen LogP contribution is -2.32. The number of carbonyl (C=O) groups excluding carboxylic acids is 2. The van der Waals surface area contributed by atoms with Gasteiger partial charge < -0.3 is 9.47 Å². The molecule has 0 saturated carbocycles. The molecule has 0 aliphatic rings. The highest BCUT2D eigenvalue weighted by Crippen LogP contribution is 2.09. The van der Waals surface area contributed by atoms with Gasteiger partial charge in [0.25, 0.3) is 0 Å². The Morgan fingerprint density at radius 1 is 1.26 bits per heavy atom. The number of ether oxygens (including phenoxy) is 2. The van der Waals surface area contributed by atoms with Crippen LogP contribution in [0.15, 0.2) is 5.10 Å². The molecule has 0 aromatic carbocycles. The SMILES string of the molecule is CCOC(=O)C(CC)/C(C)=N/NC(=O)OC(C)(C)C. The van der Waals surface area contributed by atoms with Gasteiger partial charge in [0.05, 0.1) is 12.5 Å². The molecule has 0 aliphatic heterocycles. The fourth-order valence-electron chi connectivity index (χ4n) is 1.39. The number of hydrogen-bond acceptors (Lipinski definition) is 5. The molecule has 0 bridgehead atoms. The fourth-order valence-corrected chi connectivity index (χ4v) is 1.39. The van der Waals surface area contributed by atoms with Crippen LogP contribution in [-0.4, -0.2) is 30.0 Å². The zero-order valence-electron chi connectivity index (χ0n) is 12.6. The maximum Gasteiger partial charge on any atom is 0.428 e. The van der Waals surface area contributed by atoms with Crippen LogP contribution in [0.4, 0.5) is 4.79 Å². The molecule has 0 rings (SSSR count). The summed E-state index contributed by atoms with van der Waals surface area (Å²) in [6.45, 7) is 10.9. The summed E-state index contributed by atoms with van der Waals surface area (Å²) in [5.41, 5.74) is 2.18. The predicted octanol–water partition coefficient (Wildman–Crippen LogP) is 2.48. The third-order valence-corrected chi connectivity index (χ3v) is 2.21. The van der Waals surface area contributed by atoms with E-state index >= 15 is 0 Å². The number of hydrogen-bond donors (Lipinski definition) is 1. The summed E-state index contributed by atoms with van der Waals surface area (Å²) in [6, 6.07) is 0. The lowest BCUT2D eigenvalue weighted by Gasteiger charge is -2.19. The minimum absolute atomic E-state index is 0.322. The van der Waals surface area contributed by atoms with Crippen molar-refractivity contribution < 1.29 is 19.1 Å². The van der Waals surface area contributed by atoms with Crippen LogP contribution in [0, 0.1) is 5.92 Å². The second-order valence-electron chi connectivity index (χ2n) is 5.08. The van der Waals surface area contributed by atoms with Crippen LogP contribution in [0.5, 0.6) is 0 Å². The molecular formula is C13H24N2O4. The van der Waals surface area contributed by atoms with Crippen LogP contribution in [0.1, 0.15) is 48.0 Å². The molecule has 1 unspecified atom stereocenters. The highest BCUT2D eigenvalue weighted by molar-refractivity contribution is 6.01. The van der Waals surface area contributed by atoms with Crippen molar-refractivity contribution in [1.29, 1.82) is 0 Å². The number of esters is 1. The van der Waals surface area contributed by atoms with Crippen LogP contribution in [0.25, 0.3) is 0 Å². The van der Waals surface area contributed by atoms with Crippen molar-refractivity contribution in [3.05, 3.63) is 0 Å². The Hall–Kier alpha value is -1.59. The average molecular weight is 272 g/mol. The first kappa shape index (κ1) is 17.4. The van der Waals surface area contributed by atoms with Gasteiger partial charge in [-0.3, -0.25) is 4.79 Å². The van der Waals surface area contributed by atoms with E-state index in [1.807, 2.05) is 6.92 Å². The summed E-state index contributed by atoms with van der Waals surface area (Å²) >= 11 is 0. The molecule has 0 spiro atoms. The molecule has 1 atom stereocenters. The smallest absolute Gasteiger partial charge is 0.428 e. The summed E-state index contributed by atoms with van der Waals surface area (Å²) in [4.78, 5) is 23.1. The number of amides is 1. The topological polar surface area (TPSA) is 77.0 Å². The quantitative estimate of drug-likeness (QED) is 0.474. The molecule has 1 amide bonds. The Morgan fingerprint density at radius 2 is 1.84 bits per heavy atom. The van der Waals surface area contributed by atoms with Crippen LogP contribution in [0.2, 0.25) is 0 Å². The van der Waals surface area contributed by atoms with E-state index in [-0.39, 0.29) is 5.97 Å². The van der Waals surface area contributed by atoms with Gasteiger partial charge >= 0.3 is 12.1 Å². The minimum atomic E-state index is -0.648. The Bertz CT molecular complexity index is 345. The van der Waals surface area contributed by atoms with Crippen molar-refractivity contribution in [1.82, 2.24) is 5.43 Å². The van der Waals surface area contributed by atoms with E-state index in [2.05, 4.69) is 10.5 Å². The molecule has 110 valence electrons. The minimum Gasteiger partial charge on any atom is -0.465 e. The van der Waals surface area contributed by atoms with E-state index in [1.165, 1.54) is 0 Å². The second-order valence-corrected chi connectivity index (χ2v) is 5.08. The molecule has 0 aromatic heterocycles. The van der Waals surface area contributed by atoms with Crippen LogP contribution >= 0.6 is 0 Å². The van der Waals surface area contributed by atoms with Gasteiger partial charge in [-0.1, -0.05) is 6.92 Å². The third-order valence-electron chi connectivity index (χ3n) is 2.21. The van der Waals surface area contributed by atoms with Crippen molar-refractivity contribution in [2.45, 2.75) is 53.6 Å². The number of hydrazone groups is 1. The standard InChI is InChI=1S/C13H24N2O4/c1-7-10(11(16)18-8-2)9(3)14-15-12(17)19-13(4,5)6/h10H,7-8H2,1-6H3,(H,15,17)/b14-9+. The fraction of sp³-hybridized carbons (Fsp3) is 0.769. The summed E-state index contributed by atoms with van der Waals surface area (Å²) < 4.78 is 9.98. The zero-order chi connectivity index (χ0) is 15.1. The molecule has 0 saturated heterocycles. The number of carbonyl (C=O) groups is 2. The molecule has 6 nitrogen and oxygen atoms in total. The zero-order valence-corrected chi connectivity index (χ0v) is 12.6. The number of rotatable bonds is 5. The highest BCUT2D eigenvalue weighted by Gasteiger charge is 2.22. The molecule has 19 heavy (non-hydrogen) atoms. The van der Waals surface area contributed by atoms with Gasteiger partial charge in [-0.15, -0.1) is 0 Å². The van der Waals surface area contributed by atoms with Crippen molar-refractivity contribution >= 4 is 17.8 Å². The van der Waals surface area contributed by atoms with E-state index in [0.29, 0.717) is 18.7 Å². The highest BCUT2D eigenvalue weighted by atomic mass is 16.6. The maximum atomic E-state index is 11.6. The Labute approximate surface area is 114 Å². The van der Waals surface area contributed by atoms with Gasteiger partial charge in [0, 0.05) is 5.71 Å². The van der Waals surface area contributed by atoms with E-state index in [1.54, 1.807) is 34.6 Å². The molecule has 0 radical (unpaired) electrons. The molecule has 0 aliphatic carbocycles. The van der Waals surface area contributed by atoms with Crippen molar-refractivity contribution in [3.63, 3.8) is 0 Å². The Kier molecular flexibility index (Phi) is 7.11. The van der Waals surface area contributed by atoms with Gasteiger partial charge in [0.15, 0.2) is 0 Å². The van der Waals surface area contributed by atoms with Gasteiger partial charge in [0.2, 0.25) is 0 Å². The molecule has 0 heterocycles. The number of nitrogens with one attached hydrogen (secondary N) is 1. The summed E-state index contributed by atoms with van der Waals surface area (Å²) in [7, 11) is 0. The van der Waals surface area contributed by atoms with Gasteiger partial charge in [-0.05, 0) is 41.0 Å². The van der Waals surface area contributed by atoms with E-state index in [4.69, 9.17) is 9.47 Å². The van der Waals surface area contributed by atoms with Crippen molar-refractivity contribution in [3.8, 4) is 0 Å². The summed E-state index contributed by atoms with van der Waals surface area (Å²) in [6.07, 6.45) is -0.0879. The maximum absolute atomic E-state index is 11.6. The third kappa shape index (κ3) is 7.43. The molecule has 1 N–H and O–H groups in total. The molecule has 6 heteroatoms. The largest absolute Gasteiger partial charge is 0.465 e. The van der Waals surface area contributed by atoms with Crippen LogP contribution < -0.4 is 5.43 Å². The first-order valence-electron chi connectivity index (χ1n) is 6.41. The normalized spacial score (nSPS) is 13.7. The van der Waals surface area contributed by atoms with Crippen molar-refractivity contribution in [2.75, 3.05) is 6.61 Å². The van der Waals surface area contributed by atoms with Gasteiger partial charge in [-0.25, -0.2) is 10.2 Å². The second kappa shape index (κ2) is 7.76. The predicted molar refractivity (Wildman–Crippen MR) is 72.9 cm³/mol. The van der Waals surface area contributed by atoms with E-state index in [0.717, 1.165) is 0 Å². The molecular weight excluding hydrogens is 248 g/mol. The first-order chi connectivity index (χ1) is 8.71. The lowest BCUT2D eigenvalue weighted by molar-refractivity contribution is -0.145. The number of nitrogens with zero attached hydrogens (tertiary/aromatic N) is 1. The summed E-state index contributed by atoms with van der Waals surface area (Å²) in [5, 5.41) is 3.87. The van der Waals surface area contributed by atoms with Gasteiger partial charge in [0.1, 0.15) is 5.60 Å². The van der Waals surface area contributed by atoms with E-state index in [9.17, 15) is 9.59 Å². The van der Waals surface area contributed by atoms with Crippen LogP contribution in [0.3, 0.4) is 0 Å². The monoisotopic (exact) mass is 272 g/mol. The Balaban J connectivity index is 4.53. The van der Waals surface area contributed by atoms with Crippen LogP contribution in [-0.2, 0) is 14.3 Å². The first-order valence-corrected chi connectivity index (χ1v) is 6.41. The van der Waals surface area contributed by atoms with Gasteiger partial charge in [-0.2, -0.15) is 5.10 Å². The Morgan fingerprint density at radius 3 is 2.26 bits per heavy atom.